The Kier molecular flexibility index (Phi) is 5.06. The molecule has 2 heterocycles. The highest BCUT2D eigenvalue weighted by molar-refractivity contribution is 8.25. The first-order valence-electron chi connectivity index (χ1n) is 7.83. The van der Waals surface area contributed by atoms with Crippen molar-refractivity contribution >= 4 is 40.1 Å². The third kappa shape index (κ3) is 3.31. The summed E-state index contributed by atoms with van der Waals surface area (Å²) < 4.78 is 0.686. The molecule has 5 heteroatoms. The fraction of sp³-hybridized carbons (Fsp3) is 0.471. The third-order valence-corrected chi connectivity index (χ3v) is 5.62. The summed E-state index contributed by atoms with van der Waals surface area (Å²) in [6, 6.07) is 4.57. The van der Waals surface area contributed by atoms with Crippen LogP contribution in [0.4, 0.5) is 5.69 Å². The number of nitrogens with zero attached hydrogens (tertiary/aromatic N) is 1. The van der Waals surface area contributed by atoms with Crippen molar-refractivity contribution in [3.63, 3.8) is 0 Å². The summed E-state index contributed by atoms with van der Waals surface area (Å²) >= 11 is 6.60. The molecule has 2 N–H and O–H groups in total. The molecule has 0 aromatic heterocycles. The molecule has 118 valence electrons. The highest BCUT2D eigenvalue weighted by Crippen LogP contribution is 2.36. The molecule has 0 aliphatic carbocycles. The lowest BCUT2D eigenvalue weighted by atomic mass is 9.90. The van der Waals surface area contributed by atoms with E-state index in [9.17, 15) is 5.11 Å². The average Bonchev–Trinajstić information content (AvgIpc) is 2.54. The van der Waals surface area contributed by atoms with Gasteiger partial charge in [0.15, 0.2) is 0 Å². The predicted molar refractivity (Wildman–Crippen MR) is 99.6 cm³/mol. The Hall–Kier alpha value is -1.04. The van der Waals surface area contributed by atoms with Crippen LogP contribution in [0.3, 0.4) is 0 Å². The fourth-order valence-corrected chi connectivity index (χ4v) is 4.30. The van der Waals surface area contributed by atoms with Crippen LogP contribution in [-0.2, 0) is 12.8 Å². The van der Waals surface area contributed by atoms with Gasteiger partial charge in [-0.25, -0.2) is 0 Å². The molecule has 0 fully saturated rings. The van der Waals surface area contributed by atoms with E-state index < -0.39 is 0 Å². The molecule has 3 nitrogen and oxygen atoms in total. The first kappa shape index (κ1) is 15.8. The number of aliphatic hydroxyl groups is 1. The minimum atomic E-state index is 0.0189. The third-order valence-electron chi connectivity index (χ3n) is 4.27. The molecule has 1 aromatic carbocycles. The number of nitrogens with one attached hydrogen (secondary N) is 1. The van der Waals surface area contributed by atoms with E-state index in [0.29, 0.717) is 4.32 Å². The van der Waals surface area contributed by atoms with Gasteiger partial charge in [-0.05, 0) is 60.6 Å². The number of rotatable bonds is 3. The van der Waals surface area contributed by atoms with Crippen LogP contribution in [0.5, 0.6) is 0 Å². The number of benzene rings is 1. The molecular weight excluding hydrogens is 312 g/mol. The van der Waals surface area contributed by atoms with Crippen LogP contribution in [0.1, 0.15) is 29.5 Å². The van der Waals surface area contributed by atoms with Gasteiger partial charge in [0.1, 0.15) is 4.32 Å². The zero-order chi connectivity index (χ0) is 15.5. The Labute approximate surface area is 141 Å². The number of hydrogen-bond acceptors (Lipinski definition) is 4. The van der Waals surface area contributed by atoms with Gasteiger partial charge in [0.25, 0.3) is 0 Å². The molecule has 2 aliphatic rings. The highest BCUT2D eigenvalue weighted by Gasteiger charge is 2.23. The Morgan fingerprint density at radius 2 is 1.95 bits per heavy atom. The summed E-state index contributed by atoms with van der Waals surface area (Å²) in [6.07, 6.45) is 6.88. The molecule has 0 saturated carbocycles. The van der Waals surface area contributed by atoms with Gasteiger partial charge in [0.2, 0.25) is 0 Å². The van der Waals surface area contributed by atoms with Gasteiger partial charge in [-0.3, -0.25) is 0 Å². The molecule has 0 radical (unpaired) electrons. The van der Waals surface area contributed by atoms with Crippen LogP contribution in [0.25, 0.3) is 6.08 Å². The lowest BCUT2D eigenvalue weighted by molar-refractivity contribution is 0.340. The van der Waals surface area contributed by atoms with Gasteiger partial charge >= 0.3 is 0 Å². The second kappa shape index (κ2) is 7.02. The van der Waals surface area contributed by atoms with Gasteiger partial charge < -0.3 is 15.3 Å². The minimum absolute atomic E-state index is 0.0189. The van der Waals surface area contributed by atoms with Crippen molar-refractivity contribution in [3.05, 3.63) is 33.7 Å². The second-order valence-electron chi connectivity index (χ2n) is 5.79. The summed E-state index contributed by atoms with van der Waals surface area (Å²) in [5, 5.41) is 12.5. The molecule has 0 atom stereocenters. The number of anilines is 1. The molecule has 0 unspecified atom stereocenters. The number of aliphatic hydroxyl groups excluding tert-OH is 1. The van der Waals surface area contributed by atoms with Crippen molar-refractivity contribution in [2.75, 3.05) is 31.6 Å². The average molecular weight is 335 g/mol. The normalized spacial score (nSPS) is 17.2. The zero-order valence-electron chi connectivity index (χ0n) is 12.9. The summed E-state index contributed by atoms with van der Waals surface area (Å²) in [7, 11) is 1.81. The van der Waals surface area contributed by atoms with Crippen LogP contribution in [0, 0.1) is 0 Å². The standard InChI is InChI=1S/C17H22N2OS2/c1-18-17(21)22-15(11-20)10-12-8-13-4-2-6-19-7-3-5-14(9-12)16(13)19/h8-10,20H,2-7,11H2,1H3,(H,18,21)/b15-10-. The highest BCUT2D eigenvalue weighted by atomic mass is 32.2. The SMILES string of the molecule is CNC(=S)S/C(=C\c1cc2c3c(c1)CCCN3CCC2)CO. The molecule has 0 spiro atoms. The van der Waals surface area contributed by atoms with Gasteiger partial charge in [0.05, 0.1) is 6.61 Å². The van der Waals surface area contributed by atoms with E-state index in [4.69, 9.17) is 12.2 Å². The maximum absolute atomic E-state index is 9.57. The molecular formula is C17H22N2OS2. The van der Waals surface area contributed by atoms with E-state index in [0.717, 1.165) is 17.7 Å². The number of hydrogen-bond donors (Lipinski definition) is 2. The van der Waals surface area contributed by atoms with Crippen molar-refractivity contribution in [2.24, 2.45) is 0 Å². The zero-order valence-corrected chi connectivity index (χ0v) is 14.5. The minimum Gasteiger partial charge on any atom is -0.391 e. The number of thioether (sulfide) groups is 1. The van der Waals surface area contributed by atoms with Crippen LogP contribution in [0.2, 0.25) is 0 Å². The van der Waals surface area contributed by atoms with E-state index in [-0.39, 0.29) is 6.61 Å². The van der Waals surface area contributed by atoms with E-state index >= 15 is 0 Å². The molecule has 0 bridgehead atoms. The van der Waals surface area contributed by atoms with Gasteiger partial charge in [-0.2, -0.15) is 0 Å². The van der Waals surface area contributed by atoms with Gasteiger partial charge in [0, 0.05) is 30.7 Å². The van der Waals surface area contributed by atoms with E-state index in [1.165, 1.54) is 60.1 Å². The van der Waals surface area contributed by atoms with Crippen LogP contribution in [-0.4, -0.2) is 36.2 Å². The van der Waals surface area contributed by atoms with Crippen molar-refractivity contribution < 1.29 is 5.11 Å². The van der Waals surface area contributed by atoms with Crippen molar-refractivity contribution in [1.29, 1.82) is 0 Å². The summed E-state index contributed by atoms with van der Waals surface area (Å²) in [5.41, 5.74) is 5.60. The summed E-state index contributed by atoms with van der Waals surface area (Å²) in [4.78, 5) is 3.43. The summed E-state index contributed by atoms with van der Waals surface area (Å²) in [5.74, 6) is 0. The Morgan fingerprint density at radius 3 is 2.50 bits per heavy atom. The quantitative estimate of drug-likeness (QED) is 0.831. The maximum atomic E-state index is 9.57. The lowest BCUT2D eigenvalue weighted by Gasteiger charge is -2.37. The van der Waals surface area contributed by atoms with E-state index in [2.05, 4.69) is 28.4 Å². The predicted octanol–water partition coefficient (Wildman–Crippen LogP) is 2.96. The topological polar surface area (TPSA) is 35.5 Å². The number of aryl methyl sites for hydroxylation is 2. The summed E-state index contributed by atoms with van der Waals surface area (Å²) in [6.45, 7) is 2.41. The molecule has 1 aromatic rings. The smallest absolute Gasteiger partial charge is 0.138 e. The first-order valence-corrected chi connectivity index (χ1v) is 9.05. The largest absolute Gasteiger partial charge is 0.391 e. The van der Waals surface area contributed by atoms with Gasteiger partial charge in [-0.1, -0.05) is 24.0 Å². The Bertz CT molecular complexity index is 582. The Morgan fingerprint density at radius 1 is 1.32 bits per heavy atom. The van der Waals surface area contributed by atoms with E-state index in [1.807, 2.05) is 7.05 Å². The molecule has 0 amide bonds. The van der Waals surface area contributed by atoms with Crippen LogP contribution >= 0.6 is 24.0 Å². The lowest BCUT2D eigenvalue weighted by Crippen LogP contribution is -2.34. The molecule has 22 heavy (non-hydrogen) atoms. The Balaban J connectivity index is 1.93. The van der Waals surface area contributed by atoms with Crippen molar-refractivity contribution in [3.8, 4) is 0 Å². The number of thiocarbonyl (C=S) groups is 1. The van der Waals surface area contributed by atoms with E-state index in [1.54, 1.807) is 0 Å². The molecule has 2 aliphatic heterocycles. The van der Waals surface area contributed by atoms with Crippen molar-refractivity contribution in [2.45, 2.75) is 25.7 Å². The van der Waals surface area contributed by atoms with Crippen LogP contribution in [0.15, 0.2) is 17.0 Å². The monoisotopic (exact) mass is 334 g/mol. The van der Waals surface area contributed by atoms with Gasteiger partial charge in [-0.15, -0.1) is 0 Å². The van der Waals surface area contributed by atoms with Crippen molar-refractivity contribution in [1.82, 2.24) is 5.32 Å². The maximum Gasteiger partial charge on any atom is 0.138 e. The molecule has 0 saturated heterocycles. The fourth-order valence-electron chi connectivity index (χ4n) is 3.38. The van der Waals surface area contributed by atoms with Crippen LogP contribution < -0.4 is 10.2 Å². The first-order chi connectivity index (χ1) is 10.7. The second-order valence-corrected chi connectivity index (χ2v) is 7.59. The molecule has 3 rings (SSSR count).